The summed E-state index contributed by atoms with van der Waals surface area (Å²) in [5, 5.41) is 10.3. The molecule has 0 saturated carbocycles. The SMILES string of the molecule is C=CCOC1OC[C@@H](OCc2ccccc2)C(O)C1C. The Morgan fingerprint density at radius 2 is 2.10 bits per heavy atom. The molecule has 3 unspecified atom stereocenters. The molecule has 20 heavy (non-hydrogen) atoms. The minimum Gasteiger partial charge on any atom is -0.390 e. The molecule has 0 bridgehead atoms. The van der Waals surface area contributed by atoms with E-state index in [1.165, 1.54) is 0 Å². The molecule has 0 aromatic heterocycles. The lowest BCUT2D eigenvalue weighted by Gasteiger charge is -2.38. The molecule has 1 aromatic carbocycles. The van der Waals surface area contributed by atoms with E-state index in [-0.39, 0.29) is 12.0 Å². The van der Waals surface area contributed by atoms with Crippen LogP contribution in [0.15, 0.2) is 43.0 Å². The number of rotatable bonds is 6. The Labute approximate surface area is 120 Å². The van der Waals surface area contributed by atoms with Crippen LogP contribution in [-0.4, -0.2) is 36.8 Å². The van der Waals surface area contributed by atoms with Crippen LogP contribution in [0.2, 0.25) is 0 Å². The highest BCUT2D eigenvalue weighted by Crippen LogP contribution is 2.24. The van der Waals surface area contributed by atoms with Crippen molar-refractivity contribution in [1.82, 2.24) is 0 Å². The standard InChI is InChI=1S/C16H22O4/c1-3-9-18-16-12(2)15(17)14(11-20-16)19-10-13-7-5-4-6-8-13/h3-8,12,14-17H,1,9-11H2,2H3/t12?,14-,15?,16?/m1/s1. The summed E-state index contributed by atoms with van der Waals surface area (Å²) < 4.78 is 16.8. The molecule has 1 aromatic rings. The summed E-state index contributed by atoms with van der Waals surface area (Å²) in [6.07, 6.45) is 0.344. The minimum atomic E-state index is -0.595. The van der Waals surface area contributed by atoms with Gasteiger partial charge < -0.3 is 19.3 Å². The van der Waals surface area contributed by atoms with Crippen LogP contribution in [0.1, 0.15) is 12.5 Å². The number of ether oxygens (including phenoxy) is 3. The Balaban J connectivity index is 1.84. The molecule has 1 saturated heterocycles. The molecule has 1 fully saturated rings. The van der Waals surface area contributed by atoms with Gasteiger partial charge in [-0.1, -0.05) is 43.3 Å². The highest BCUT2D eigenvalue weighted by molar-refractivity contribution is 5.13. The van der Waals surface area contributed by atoms with Gasteiger partial charge in [-0.05, 0) is 5.56 Å². The van der Waals surface area contributed by atoms with Crippen molar-refractivity contribution in [3.05, 3.63) is 48.6 Å². The molecule has 0 amide bonds. The summed E-state index contributed by atoms with van der Waals surface area (Å²) in [6.45, 7) is 6.72. The second kappa shape index (κ2) is 7.55. The fourth-order valence-corrected chi connectivity index (χ4v) is 2.23. The van der Waals surface area contributed by atoms with Crippen molar-refractivity contribution in [2.24, 2.45) is 5.92 Å². The third-order valence-electron chi connectivity index (χ3n) is 3.46. The number of benzene rings is 1. The van der Waals surface area contributed by atoms with Crippen LogP contribution in [0.25, 0.3) is 0 Å². The van der Waals surface area contributed by atoms with Crippen LogP contribution in [0.3, 0.4) is 0 Å². The molecule has 4 nitrogen and oxygen atoms in total. The second-order valence-corrected chi connectivity index (χ2v) is 5.01. The van der Waals surface area contributed by atoms with Crippen LogP contribution in [-0.2, 0) is 20.8 Å². The predicted octanol–water partition coefficient (Wildman–Crippen LogP) is 2.13. The first-order valence-electron chi connectivity index (χ1n) is 6.90. The van der Waals surface area contributed by atoms with Gasteiger partial charge in [0.1, 0.15) is 6.10 Å². The zero-order valence-electron chi connectivity index (χ0n) is 11.8. The zero-order valence-corrected chi connectivity index (χ0v) is 11.8. The van der Waals surface area contributed by atoms with E-state index in [1.807, 2.05) is 37.3 Å². The third kappa shape index (κ3) is 3.90. The van der Waals surface area contributed by atoms with Gasteiger partial charge in [0.15, 0.2) is 6.29 Å². The average molecular weight is 278 g/mol. The van der Waals surface area contributed by atoms with Crippen molar-refractivity contribution in [1.29, 1.82) is 0 Å². The zero-order chi connectivity index (χ0) is 14.4. The monoisotopic (exact) mass is 278 g/mol. The van der Waals surface area contributed by atoms with Crippen LogP contribution < -0.4 is 0 Å². The number of hydrogen-bond acceptors (Lipinski definition) is 4. The van der Waals surface area contributed by atoms with Gasteiger partial charge in [-0.3, -0.25) is 0 Å². The molecule has 1 aliphatic rings. The lowest BCUT2D eigenvalue weighted by atomic mass is 9.96. The smallest absolute Gasteiger partial charge is 0.163 e. The molecule has 110 valence electrons. The van der Waals surface area contributed by atoms with E-state index in [4.69, 9.17) is 14.2 Å². The van der Waals surface area contributed by atoms with Crippen molar-refractivity contribution >= 4 is 0 Å². The van der Waals surface area contributed by atoms with Gasteiger partial charge in [-0.2, -0.15) is 0 Å². The molecule has 0 spiro atoms. The summed E-state index contributed by atoms with van der Waals surface area (Å²) in [4.78, 5) is 0. The molecule has 0 radical (unpaired) electrons. The van der Waals surface area contributed by atoms with Crippen LogP contribution in [0.5, 0.6) is 0 Å². The predicted molar refractivity (Wildman–Crippen MR) is 76.1 cm³/mol. The summed E-state index contributed by atoms with van der Waals surface area (Å²) >= 11 is 0. The Morgan fingerprint density at radius 3 is 2.80 bits per heavy atom. The molecule has 4 heteroatoms. The first-order chi connectivity index (χ1) is 9.72. The van der Waals surface area contributed by atoms with Crippen LogP contribution >= 0.6 is 0 Å². The first-order valence-corrected chi connectivity index (χ1v) is 6.90. The van der Waals surface area contributed by atoms with Gasteiger partial charge in [-0.15, -0.1) is 6.58 Å². The van der Waals surface area contributed by atoms with Gasteiger partial charge in [0.2, 0.25) is 0 Å². The fourth-order valence-electron chi connectivity index (χ4n) is 2.23. The van der Waals surface area contributed by atoms with Gasteiger partial charge in [-0.25, -0.2) is 0 Å². The average Bonchev–Trinajstić information content (AvgIpc) is 2.49. The third-order valence-corrected chi connectivity index (χ3v) is 3.46. The maximum absolute atomic E-state index is 10.3. The van der Waals surface area contributed by atoms with Gasteiger partial charge in [0, 0.05) is 5.92 Å². The van der Waals surface area contributed by atoms with Crippen molar-refractivity contribution in [2.75, 3.05) is 13.2 Å². The normalized spacial score (nSPS) is 30.1. The lowest BCUT2D eigenvalue weighted by molar-refractivity contribution is -0.252. The molecule has 0 aliphatic carbocycles. The summed E-state index contributed by atoms with van der Waals surface area (Å²) in [6, 6.07) is 9.89. The summed E-state index contributed by atoms with van der Waals surface area (Å²) in [5.74, 6) is -0.135. The number of aliphatic hydroxyl groups excluding tert-OH is 1. The van der Waals surface area contributed by atoms with Crippen molar-refractivity contribution in [3.8, 4) is 0 Å². The molecule has 1 aliphatic heterocycles. The number of hydrogen-bond donors (Lipinski definition) is 1. The summed E-state index contributed by atoms with van der Waals surface area (Å²) in [7, 11) is 0. The van der Waals surface area contributed by atoms with Crippen molar-refractivity contribution in [2.45, 2.75) is 32.0 Å². The molecule has 2 rings (SSSR count). The second-order valence-electron chi connectivity index (χ2n) is 5.01. The van der Waals surface area contributed by atoms with E-state index in [9.17, 15) is 5.11 Å². The highest BCUT2D eigenvalue weighted by atomic mass is 16.7. The van der Waals surface area contributed by atoms with E-state index in [0.29, 0.717) is 19.8 Å². The topological polar surface area (TPSA) is 47.9 Å². The highest BCUT2D eigenvalue weighted by Gasteiger charge is 2.37. The number of aliphatic hydroxyl groups is 1. The van der Waals surface area contributed by atoms with Crippen LogP contribution in [0, 0.1) is 5.92 Å². The maximum atomic E-state index is 10.3. The molecule has 4 atom stereocenters. The quantitative estimate of drug-likeness (QED) is 0.810. The maximum Gasteiger partial charge on any atom is 0.163 e. The van der Waals surface area contributed by atoms with Gasteiger partial charge in [0.05, 0.1) is 25.9 Å². The lowest BCUT2D eigenvalue weighted by Crippen LogP contribution is -2.50. The Kier molecular flexibility index (Phi) is 5.73. The first kappa shape index (κ1) is 15.2. The Morgan fingerprint density at radius 1 is 1.35 bits per heavy atom. The van der Waals surface area contributed by atoms with Gasteiger partial charge >= 0.3 is 0 Å². The minimum absolute atomic E-state index is 0.135. The van der Waals surface area contributed by atoms with Crippen molar-refractivity contribution < 1.29 is 19.3 Å². The molecule has 1 N–H and O–H groups in total. The molecule has 1 heterocycles. The van der Waals surface area contributed by atoms with Crippen LogP contribution in [0.4, 0.5) is 0 Å². The van der Waals surface area contributed by atoms with E-state index in [0.717, 1.165) is 5.56 Å². The van der Waals surface area contributed by atoms with E-state index in [1.54, 1.807) is 6.08 Å². The van der Waals surface area contributed by atoms with E-state index < -0.39 is 12.4 Å². The Bertz CT molecular complexity index is 406. The van der Waals surface area contributed by atoms with Gasteiger partial charge in [0.25, 0.3) is 0 Å². The van der Waals surface area contributed by atoms with Crippen molar-refractivity contribution in [3.63, 3.8) is 0 Å². The van der Waals surface area contributed by atoms with E-state index >= 15 is 0 Å². The molecular formula is C16H22O4. The fraction of sp³-hybridized carbons (Fsp3) is 0.500. The Hall–Kier alpha value is -1.20. The van der Waals surface area contributed by atoms with E-state index in [2.05, 4.69) is 6.58 Å². The largest absolute Gasteiger partial charge is 0.390 e. The summed E-state index contributed by atoms with van der Waals surface area (Å²) in [5.41, 5.74) is 1.08. The molecular weight excluding hydrogens is 256 g/mol.